The van der Waals surface area contributed by atoms with Crippen molar-refractivity contribution in [1.29, 1.82) is 0 Å². The summed E-state index contributed by atoms with van der Waals surface area (Å²) in [6.07, 6.45) is 9.56. The lowest BCUT2D eigenvalue weighted by molar-refractivity contribution is -0.141. The number of hydrogen-bond donors (Lipinski definition) is 1. The molecular weight excluding hydrogens is 380 g/mol. The molecule has 0 saturated heterocycles. The quantitative estimate of drug-likeness (QED) is 0.504. The molecule has 1 aliphatic rings. The van der Waals surface area contributed by atoms with E-state index in [1.807, 2.05) is 54.6 Å². The maximum Gasteiger partial charge on any atom is 0.306 e. The van der Waals surface area contributed by atoms with E-state index >= 15 is 0 Å². The molecule has 1 N–H and O–H groups in total. The normalized spacial score (nSPS) is 14.0. The predicted molar refractivity (Wildman–Crippen MR) is 116 cm³/mol. The summed E-state index contributed by atoms with van der Waals surface area (Å²) in [4.78, 5) is 10.9. The average molecular weight is 408 g/mol. The lowest BCUT2D eigenvalue weighted by atomic mass is 10.0. The van der Waals surface area contributed by atoms with Crippen molar-refractivity contribution in [2.24, 2.45) is 5.92 Å². The first-order valence-electron chi connectivity index (χ1n) is 10.3. The van der Waals surface area contributed by atoms with Crippen LogP contribution in [0.5, 0.6) is 17.2 Å². The zero-order chi connectivity index (χ0) is 21.2. The molecule has 0 unspecified atom stereocenters. The zero-order valence-electron chi connectivity index (χ0n) is 17.3. The molecule has 0 aliphatic heterocycles. The van der Waals surface area contributed by atoms with E-state index in [9.17, 15) is 4.79 Å². The number of carboxylic acid groups (broad SMARTS) is 1. The van der Waals surface area contributed by atoms with Crippen LogP contribution in [0, 0.1) is 5.92 Å². The Bertz CT molecular complexity index is 865. The fourth-order valence-corrected chi connectivity index (χ4v) is 3.01. The molecule has 0 aromatic heterocycles. The van der Waals surface area contributed by atoms with Gasteiger partial charge in [-0.05, 0) is 73.4 Å². The van der Waals surface area contributed by atoms with Crippen molar-refractivity contribution in [3.05, 3.63) is 78.1 Å². The molecule has 158 valence electrons. The van der Waals surface area contributed by atoms with Crippen LogP contribution < -0.4 is 14.2 Å². The highest BCUT2D eigenvalue weighted by atomic mass is 16.5. The topological polar surface area (TPSA) is 65.0 Å². The summed E-state index contributed by atoms with van der Waals surface area (Å²) in [7, 11) is 0. The highest BCUT2D eigenvalue weighted by Crippen LogP contribution is 2.22. The molecule has 0 bridgehead atoms. The predicted octanol–water partition coefficient (Wildman–Crippen LogP) is 5.41. The Labute approximate surface area is 177 Å². The van der Waals surface area contributed by atoms with Crippen LogP contribution in [0.2, 0.25) is 0 Å². The van der Waals surface area contributed by atoms with E-state index in [-0.39, 0.29) is 0 Å². The van der Waals surface area contributed by atoms with Crippen molar-refractivity contribution in [2.75, 3.05) is 13.2 Å². The second kappa shape index (κ2) is 11.1. The summed E-state index contributed by atoms with van der Waals surface area (Å²) in [5.41, 5.74) is 0.990. The Hall–Kier alpha value is -3.21. The van der Waals surface area contributed by atoms with Gasteiger partial charge in [-0.1, -0.05) is 25.1 Å². The lowest BCUT2D eigenvalue weighted by Gasteiger charge is -2.11. The van der Waals surface area contributed by atoms with Crippen LogP contribution in [0.25, 0.3) is 0 Å². The van der Waals surface area contributed by atoms with Crippen molar-refractivity contribution in [1.82, 2.24) is 0 Å². The van der Waals surface area contributed by atoms with Gasteiger partial charge in [-0.15, -0.1) is 0 Å². The van der Waals surface area contributed by atoms with Crippen LogP contribution in [0.1, 0.15) is 31.7 Å². The molecule has 30 heavy (non-hydrogen) atoms. The largest absolute Gasteiger partial charge is 0.493 e. The maximum atomic E-state index is 10.9. The summed E-state index contributed by atoms with van der Waals surface area (Å²) in [5, 5.41) is 8.98. The van der Waals surface area contributed by atoms with E-state index < -0.39 is 11.9 Å². The minimum atomic E-state index is -0.781. The molecule has 0 fully saturated rings. The number of hydrogen-bond acceptors (Lipinski definition) is 4. The van der Waals surface area contributed by atoms with Gasteiger partial charge in [-0.2, -0.15) is 0 Å². The molecule has 0 spiro atoms. The van der Waals surface area contributed by atoms with Gasteiger partial charge < -0.3 is 19.3 Å². The highest BCUT2D eigenvalue weighted by Gasteiger charge is 2.11. The molecule has 2 aromatic rings. The van der Waals surface area contributed by atoms with Crippen molar-refractivity contribution in [2.45, 2.75) is 32.6 Å². The Balaban J connectivity index is 1.33. The van der Waals surface area contributed by atoms with Gasteiger partial charge in [0.25, 0.3) is 0 Å². The summed E-state index contributed by atoms with van der Waals surface area (Å²) in [6, 6.07) is 15.2. The molecule has 0 radical (unpaired) electrons. The number of allylic oxidation sites excluding steroid dienone is 3. The average Bonchev–Trinajstić information content (AvgIpc) is 2.76. The van der Waals surface area contributed by atoms with Gasteiger partial charge in [-0.25, -0.2) is 0 Å². The second-order valence-electron chi connectivity index (χ2n) is 7.30. The Morgan fingerprint density at radius 3 is 2.10 bits per heavy atom. The Kier molecular flexibility index (Phi) is 7.95. The first-order chi connectivity index (χ1) is 14.6. The van der Waals surface area contributed by atoms with Gasteiger partial charge in [0, 0.05) is 6.42 Å². The molecule has 0 amide bonds. The number of carboxylic acids is 1. The van der Waals surface area contributed by atoms with Crippen molar-refractivity contribution < 1.29 is 24.1 Å². The lowest BCUT2D eigenvalue weighted by Crippen LogP contribution is -2.12. The summed E-state index contributed by atoms with van der Waals surface area (Å²) in [5.74, 6) is 2.08. The third kappa shape index (κ3) is 6.99. The summed E-state index contributed by atoms with van der Waals surface area (Å²) in [6.45, 7) is 2.81. The van der Waals surface area contributed by atoms with Gasteiger partial charge in [0.1, 0.15) is 23.0 Å². The SMILES string of the molecule is C[C@@H](Cc1ccc(OCCCOc2ccc(OC3=CCCC=C3)cc2)cc1)C(=O)O. The van der Waals surface area contributed by atoms with Gasteiger partial charge in [-0.3, -0.25) is 4.79 Å². The Morgan fingerprint density at radius 2 is 1.53 bits per heavy atom. The van der Waals surface area contributed by atoms with Crippen LogP contribution in [0.15, 0.2) is 72.5 Å². The third-order valence-electron chi connectivity index (χ3n) is 4.73. The Morgan fingerprint density at radius 1 is 0.933 bits per heavy atom. The van der Waals surface area contributed by atoms with Gasteiger partial charge in [0.05, 0.1) is 19.1 Å². The van der Waals surface area contributed by atoms with Crippen LogP contribution in [-0.4, -0.2) is 24.3 Å². The van der Waals surface area contributed by atoms with E-state index in [0.717, 1.165) is 47.8 Å². The highest BCUT2D eigenvalue weighted by molar-refractivity contribution is 5.69. The van der Waals surface area contributed by atoms with Crippen molar-refractivity contribution >= 4 is 5.97 Å². The number of carbonyl (C=O) groups is 1. The van der Waals surface area contributed by atoms with E-state index in [0.29, 0.717) is 19.6 Å². The number of ether oxygens (including phenoxy) is 3. The van der Waals surface area contributed by atoms with Crippen LogP contribution in [0.3, 0.4) is 0 Å². The van der Waals surface area contributed by atoms with Crippen molar-refractivity contribution in [3.63, 3.8) is 0 Å². The molecule has 5 heteroatoms. The van der Waals surface area contributed by atoms with Crippen LogP contribution >= 0.6 is 0 Å². The van der Waals surface area contributed by atoms with Gasteiger partial charge >= 0.3 is 5.97 Å². The summed E-state index contributed by atoms with van der Waals surface area (Å²) >= 11 is 0. The molecule has 0 heterocycles. The molecule has 1 aliphatic carbocycles. The molecular formula is C25H28O5. The van der Waals surface area contributed by atoms with E-state index in [4.69, 9.17) is 19.3 Å². The van der Waals surface area contributed by atoms with Crippen molar-refractivity contribution in [3.8, 4) is 17.2 Å². The molecule has 1 atom stereocenters. The second-order valence-corrected chi connectivity index (χ2v) is 7.30. The number of rotatable bonds is 11. The molecule has 3 rings (SSSR count). The number of aliphatic carboxylic acids is 1. The smallest absolute Gasteiger partial charge is 0.306 e. The third-order valence-corrected chi connectivity index (χ3v) is 4.73. The van der Waals surface area contributed by atoms with Gasteiger partial charge in [0.2, 0.25) is 0 Å². The first kappa shape index (κ1) is 21.5. The fourth-order valence-electron chi connectivity index (χ4n) is 3.01. The van der Waals surface area contributed by atoms with E-state index in [1.165, 1.54) is 0 Å². The minimum absolute atomic E-state index is 0.393. The van der Waals surface area contributed by atoms with Crippen LogP contribution in [0.4, 0.5) is 0 Å². The molecule has 2 aromatic carbocycles. The summed E-state index contributed by atoms with van der Waals surface area (Å²) < 4.78 is 17.3. The monoisotopic (exact) mass is 408 g/mol. The number of benzene rings is 2. The van der Waals surface area contributed by atoms with E-state index in [2.05, 4.69) is 12.2 Å². The zero-order valence-corrected chi connectivity index (χ0v) is 17.3. The maximum absolute atomic E-state index is 10.9. The standard InChI is InChI=1S/C25H28O5/c1-19(25(26)27)18-20-8-10-21(11-9-20)28-16-5-17-29-22-12-14-24(15-13-22)30-23-6-3-2-4-7-23/h3,6-15,19H,2,4-5,16-18H2,1H3,(H,26,27)/t19-/m0/s1. The molecule has 0 saturated carbocycles. The minimum Gasteiger partial charge on any atom is -0.493 e. The molecule has 5 nitrogen and oxygen atoms in total. The first-order valence-corrected chi connectivity index (χ1v) is 10.3. The van der Waals surface area contributed by atoms with E-state index in [1.54, 1.807) is 6.92 Å². The van der Waals surface area contributed by atoms with Gasteiger partial charge in [0.15, 0.2) is 0 Å². The van der Waals surface area contributed by atoms with Crippen LogP contribution in [-0.2, 0) is 11.2 Å². The fraction of sp³-hybridized carbons (Fsp3) is 0.320.